The summed E-state index contributed by atoms with van der Waals surface area (Å²) in [6, 6.07) is 7.80. The molecule has 27 heavy (non-hydrogen) atoms. The molecule has 2 heterocycles. The number of carbonyl (C=O) groups is 2. The highest BCUT2D eigenvalue weighted by Gasteiger charge is 2.36. The van der Waals surface area contributed by atoms with Gasteiger partial charge in [0.15, 0.2) is 0 Å². The maximum absolute atomic E-state index is 12.7. The highest BCUT2D eigenvalue weighted by Crippen LogP contribution is 2.22. The molecule has 0 N–H and O–H groups in total. The number of aryl methyl sites for hydroxylation is 1. The second kappa shape index (κ2) is 9.74. The molecule has 2 aliphatic heterocycles. The van der Waals surface area contributed by atoms with Crippen LogP contribution in [0.25, 0.3) is 0 Å². The summed E-state index contributed by atoms with van der Waals surface area (Å²) >= 11 is 0. The molecule has 2 saturated heterocycles. The molecule has 6 heteroatoms. The van der Waals surface area contributed by atoms with Crippen molar-refractivity contribution in [3.05, 3.63) is 29.8 Å². The molecule has 1 aromatic rings. The van der Waals surface area contributed by atoms with E-state index in [1.165, 1.54) is 5.56 Å². The Labute approximate surface area is 161 Å². The number of carbonyl (C=O) groups excluding carboxylic acids is 2. The van der Waals surface area contributed by atoms with E-state index < -0.39 is 0 Å². The molecule has 0 aliphatic carbocycles. The lowest BCUT2D eigenvalue weighted by molar-refractivity contribution is -0.146. The minimum Gasteiger partial charge on any atom is -0.497 e. The summed E-state index contributed by atoms with van der Waals surface area (Å²) in [7, 11) is 1.66. The first-order chi connectivity index (χ1) is 13.2. The van der Waals surface area contributed by atoms with Crippen molar-refractivity contribution in [1.29, 1.82) is 0 Å². The number of likely N-dealkylation sites (tertiary alicyclic amines) is 1. The SMILES string of the molecule is COc1ccc(CCCCC(=O)N2CCC[C@H]2C(=O)N2CCOCC2)cc1. The van der Waals surface area contributed by atoms with Gasteiger partial charge < -0.3 is 19.3 Å². The predicted molar refractivity (Wildman–Crippen MR) is 103 cm³/mol. The van der Waals surface area contributed by atoms with Gasteiger partial charge >= 0.3 is 0 Å². The average molecular weight is 374 g/mol. The Bertz CT molecular complexity index is 626. The molecule has 1 aromatic carbocycles. The summed E-state index contributed by atoms with van der Waals surface area (Å²) < 4.78 is 10.5. The molecule has 3 rings (SSSR count). The number of methoxy groups -OCH3 is 1. The van der Waals surface area contributed by atoms with Gasteiger partial charge in [-0.15, -0.1) is 0 Å². The number of hydrogen-bond donors (Lipinski definition) is 0. The van der Waals surface area contributed by atoms with Gasteiger partial charge in [-0.2, -0.15) is 0 Å². The summed E-state index contributed by atoms with van der Waals surface area (Å²) in [5.74, 6) is 1.08. The summed E-state index contributed by atoms with van der Waals surface area (Å²) in [5.41, 5.74) is 1.25. The zero-order valence-electron chi connectivity index (χ0n) is 16.2. The van der Waals surface area contributed by atoms with Gasteiger partial charge in [-0.25, -0.2) is 0 Å². The van der Waals surface area contributed by atoms with Crippen LogP contribution < -0.4 is 4.74 Å². The third-order valence-electron chi connectivity index (χ3n) is 5.45. The van der Waals surface area contributed by atoms with E-state index in [-0.39, 0.29) is 17.9 Å². The molecule has 2 fully saturated rings. The third-order valence-corrected chi connectivity index (χ3v) is 5.45. The smallest absolute Gasteiger partial charge is 0.245 e. The van der Waals surface area contributed by atoms with E-state index in [1.807, 2.05) is 21.9 Å². The molecule has 148 valence electrons. The van der Waals surface area contributed by atoms with Crippen LogP contribution in [0.2, 0.25) is 0 Å². The highest BCUT2D eigenvalue weighted by atomic mass is 16.5. The third kappa shape index (κ3) is 5.22. The molecule has 2 amide bonds. The lowest BCUT2D eigenvalue weighted by Gasteiger charge is -2.32. The number of amides is 2. The van der Waals surface area contributed by atoms with E-state index in [2.05, 4.69) is 12.1 Å². The van der Waals surface area contributed by atoms with Crippen molar-refractivity contribution in [2.75, 3.05) is 40.0 Å². The Morgan fingerprint density at radius 2 is 1.85 bits per heavy atom. The molecule has 6 nitrogen and oxygen atoms in total. The fourth-order valence-electron chi connectivity index (χ4n) is 3.86. The zero-order valence-corrected chi connectivity index (χ0v) is 16.2. The molecular weight excluding hydrogens is 344 g/mol. The van der Waals surface area contributed by atoms with Crippen molar-refractivity contribution in [1.82, 2.24) is 9.80 Å². The zero-order chi connectivity index (χ0) is 19.1. The van der Waals surface area contributed by atoms with Crippen LogP contribution >= 0.6 is 0 Å². The van der Waals surface area contributed by atoms with E-state index in [9.17, 15) is 9.59 Å². The molecule has 0 saturated carbocycles. The number of unbranched alkanes of at least 4 members (excludes halogenated alkanes) is 1. The van der Waals surface area contributed by atoms with E-state index >= 15 is 0 Å². The number of morpholine rings is 1. The maximum atomic E-state index is 12.7. The molecular formula is C21H30N2O4. The van der Waals surface area contributed by atoms with E-state index in [4.69, 9.17) is 9.47 Å². The minimum atomic E-state index is -0.266. The van der Waals surface area contributed by atoms with Crippen molar-refractivity contribution >= 4 is 11.8 Å². The van der Waals surface area contributed by atoms with Crippen molar-refractivity contribution in [2.24, 2.45) is 0 Å². The topological polar surface area (TPSA) is 59.1 Å². The van der Waals surface area contributed by atoms with Crippen LogP contribution in [0.15, 0.2) is 24.3 Å². The van der Waals surface area contributed by atoms with Gasteiger partial charge in [0, 0.05) is 26.1 Å². The first-order valence-electron chi connectivity index (χ1n) is 9.98. The molecule has 0 bridgehead atoms. The molecule has 0 aromatic heterocycles. The fourth-order valence-corrected chi connectivity index (χ4v) is 3.86. The average Bonchev–Trinajstić information content (AvgIpc) is 3.21. The second-order valence-electron chi connectivity index (χ2n) is 7.24. The van der Waals surface area contributed by atoms with Gasteiger partial charge in [0.1, 0.15) is 11.8 Å². The summed E-state index contributed by atoms with van der Waals surface area (Å²) in [6.07, 6.45) is 4.98. The molecule has 0 unspecified atom stereocenters. The van der Waals surface area contributed by atoms with E-state index in [0.717, 1.165) is 37.9 Å². The standard InChI is InChI=1S/C21H30N2O4/c1-26-18-10-8-17(9-11-18)5-2-3-7-20(24)23-12-4-6-19(23)21(25)22-13-15-27-16-14-22/h8-11,19H,2-7,12-16H2,1H3/t19-/m0/s1. The van der Waals surface area contributed by atoms with Crippen LogP contribution in [0, 0.1) is 0 Å². The number of ether oxygens (including phenoxy) is 2. The van der Waals surface area contributed by atoms with Gasteiger partial charge in [-0.3, -0.25) is 9.59 Å². The Balaban J connectivity index is 1.43. The Morgan fingerprint density at radius 1 is 1.11 bits per heavy atom. The normalized spacial score (nSPS) is 20.0. The second-order valence-corrected chi connectivity index (χ2v) is 7.24. The Morgan fingerprint density at radius 3 is 2.56 bits per heavy atom. The predicted octanol–water partition coefficient (Wildman–Crippen LogP) is 2.26. The van der Waals surface area contributed by atoms with Crippen LogP contribution in [0.1, 0.15) is 37.7 Å². The van der Waals surface area contributed by atoms with Crippen LogP contribution in [0.3, 0.4) is 0 Å². The first kappa shape index (κ1) is 19.7. The van der Waals surface area contributed by atoms with Gasteiger partial charge in [0.05, 0.1) is 20.3 Å². The van der Waals surface area contributed by atoms with Crippen molar-refractivity contribution < 1.29 is 19.1 Å². The molecule has 0 radical (unpaired) electrons. The van der Waals surface area contributed by atoms with Gasteiger partial charge in [0.25, 0.3) is 0 Å². The largest absolute Gasteiger partial charge is 0.497 e. The Hall–Kier alpha value is -2.08. The highest BCUT2D eigenvalue weighted by molar-refractivity contribution is 5.88. The monoisotopic (exact) mass is 374 g/mol. The van der Waals surface area contributed by atoms with Crippen LogP contribution in [-0.4, -0.2) is 67.6 Å². The van der Waals surface area contributed by atoms with E-state index in [0.29, 0.717) is 39.3 Å². The summed E-state index contributed by atoms with van der Waals surface area (Å²) in [6.45, 7) is 3.17. The van der Waals surface area contributed by atoms with Crippen LogP contribution in [0.4, 0.5) is 0 Å². The molecule has 2 aliphatic rings. The van der Waals surface area contributed by atoms with Crippen LogP contribution in [-0.2, 0) is 20.7 Å². The number of nitrogens with zero attached hydrogens (tertiary/aromatic N) is 2. The lowest BCUT2D eigenvalue weighted by Crippen LogP contribution is -2.51. The van der Waals surface area contributed by atoms with Crippen LogP contribution in [0.5, 0.6) is 5.75 Å². The Kier molecular flexibility index (Phi) is 7.10. The van der Waals surface area contributed by atoms with Gasteiger partial charge in [-0.05, 0) is 49.8 Å². The lowest BCUT2D eigenvalue weighted by atomic mass is 10.1. The van der Waals surface area contributed by atoms with Crippen molar-refractivity contribution in [3.8, 4) is 5.75 Å². The number of hydrogen-bond acceptors (Lipinski definition) is 4. The summed E-state index contributed by atoms with van der Waals surface area (Å²) in [5, 5.41) is 0. The number of benzene rings is 1. The quantitative estimate of drug-likeness (QED) is 0.687. The molecule has 1 atom stereocenters. The first-order valence-corrected chi connectivity index (χ1v) is 9.98. The summed E-state index contributed by atoms with van der Waals surface area (Å²) in [4.78, 5) is 29.1. The minimum absolute atomic E-state index is 0.0994. The van der Waals surface area contributed by atoms with Gasteiger partial charge in [-0.1, -0.05) is 12.1 Å². The fraction of sp³-hybridized carbons (Fsp3) is 0.619. The molecule has 0 spiro atoms. The van der Waals surface area contributed by atoms with E-state index in [1.54, 1.807) is 7.11 Å². The number of rotatable bonds is 7. The van der Waals surface area contributed by atoms with Gasteiger partial charge in [0.2, 0.25) is 11.8 Å². The maximum Gasteiger partial charge on any atom is 0.245 e. The van der Waals surface area contributed by atoms with Crippen molar-refractivity contribution in [2.45, 2.75) is 44.6 Å². The van der Waals surface area contributed by atoms with Crippen molar-refractivity contribution in [3.63, 3.8) is 0 Å².